The topological polar surface area (TPSA) is 73.6 Å². The van der Waals surface area contributed by atoms with Crippen molar-refractivity contribution in [2.24, 2.45) is 23.5 Å². The monoisotopic (exact) mass is 458 g/mol. The van der Waals surface area contributed by atoms with E-state index in [0.717, 1.165) is 37.2 Å². The number of hydrogen-bond donors (Lipinski definition) is 6. The largest absolute Gasteiger partial charge is 0.378 e. The molecule has 0 aromatic carbocycles. The minimum Gasteiger partial charge on any atom is -0.378 e. The second-order valence-electron chi connectivity index (χ2n) is 6.55. The molecular formula is C18H38N2O3S4. The number of rotatable bonds is 19. The van der Waals surface area contributed by atoms with E-state index in [1.807, 2.05) is 0 Å². The maximum absolute atomic E-state index is 12.6. The Morgan fingerprint density at radius 2 is 1.44 bits per heavy atom. The third kappa shape index (κ3) is 14.4. The maximum Gasteiger partial charge on any atom is 0.223 e. The Hall–Kier alpha value is 0.750. The molecule has 0 fully saturated rings. The predicted molar refractivity (Wildman–Crippen MR) is 128 cm³/mol. The second-order valence-corrected chi connectivity index (χ2v) is 8.01. The lowest BCUT2D eigenvalue weighted by atomic mass is 9.88. The van der Waals surface area contributed by atoms with E-state index in [1.54, 1.807) is 0 Å². The van der Waals surface area contributed by atoms with Gasteiger partial charge in [-0.15, -0.1) is 0 Å². The van der Waals surface area contributed by atoms with E-state index in [0.29, 0.717) is 56.9 Å². The van der Waals surface area contributed by atoms with E-state index in [1.165, 1.54) is 0 Å². The molecule has 3 N–H and O–H groups in total. The summed E-state index contributed by atoms with van der Waals surface area (Å²) in [6.45, 7) is 3.06. The number of hydrogen-bond acceptors (Lipinski definition) is 8. The smallest absolute Gasteiger partial charge is 0.223 e. The lowest BCUT2D eigenvalue weighted by Gasteiger charge is -2.24. The van der Waals surface area contributed by atoms with Crippen LogP contribution in [0.5, 0.6) is 0 Å². The Morgan fingerprint density at radius 1 is 0.852 bits per heavy atom. The molecule has 0 saturated carbocycles. The number of carbonyl (C=O) groups is 1. The summed E-state index contributed by atoms with van der Waals surface area (Å²) in [7, 11) is 0. The Labute approximate surface area is 187 Å². The quantitative estimate of drug-likeness (QED) is 0.133. The van der Waals surface area contributed by atoms with E-state index >= 15 is 0 Å². The lowest BCUT2D eigenvalue weighted by molar-refractivity contribution is -0.126. The molecule has 0 spiro atoms. The van der Waals surface area contributed by atoms with Gasteiger partial charge in [-0.3, -0.25) is 4.79 Å². The number of nitrogens with two attached hydrogens (primary N) is 1. The molecule has 0 saturated heterocycles. The van der Waals surface area contributed by atoms with Crippen LogP contribution < -0.4 is 11.1 Å². The van der Waals surface area contributed by atoms with Crippen LogP contribution in [0.3, 0.4) is 0 Å². The van der Waals surface area contributed by atoms with E-state index in [9.17, 15) is 4.79 Å². The number of thiol groups is 4. The summed E-state index contributed by atoms with van der Waals surface area (Å²) in [4.78, 5) is 12.6. The Balaban J connectivity index is 4.16. The SMILES string of the molecule is NCCOCCOCCNC(=O)C(CCCCC(CS)CS)C(CS)CS. The summed E-state index contributed by atoms with van der Waals surface area (Å²) in [5.41, 5.74) is 5.34. The summed E-state index contributed by atoms with van der Waals surface area (Å²) in [5.74, 6) is 3.78. The highest BCUT2D eigenvalue weighted by atomic mass is 32.1. The van der Waals surface area contributed by atoms with E-state index in [-0.39, 0.29) is 17.7 Å². The molecule has 1 amide bonds. The van der Waals surface area contributed by atoms with Crippen molar-refractivity contribution in [3.63, 3.8) is 0 Å². The van der Waals surface area contributed by atoms with Crippen molar-refractivity contribution in [2.75, 3.05) is 62.5 Å². The number of carbonyl (C=O) groups excluding carboxylic acids is 1. The van der Waals surface area contributed by atoms with Gasteiger partial charge in [-0.05, 0) is 47.7 Å². The summed E-state index contributed by atoms with van der Waals surface area (Å²) in [6.07, 6.45) is 4.07. The van der Waals surface area contributed by atoms with Gasteiger partial charge in [0.1, 0.15) is 0 Å². The third-order valence-corrected chi connectivity index (χ3v) is 6.42. The average Bonchev–Trinajstić information content (AvgIpc) is 2.69. The van der Waals surface area contributed by atoms with Crippen molar-refractivity contribution < 1.29 is 14.3 Å². The molecule has 27 heavy (non-hydrogen) atoms. The standard InChI is InChI=1S/C18H38N2O3S4/c19-5-7-22-9-10-23-8-6-20-18(21)17(16(13-26)14-27)4-2-1-3-15(11-24)12-25/h15-17,24-27H,1-14,19H2,(H,20,21). The number of amides is 1. The first-order chi connectivity index (χ1) is 13.1. The van der Waals surface area contributed by atoms with E-state index in [4.69, 9.17) is 15.2 Å². The normalized spacial score (nSPS) is 12.7. The van der Waals surface area contributed by atoms with E-state index < -0.39 is 0 Å². The van der Waals surface area contributed by atoms with Crippen molar-refractivity contribution in [3.8, 4) is 0 Å². The van der Waals surface area contributed by atoms with Gasteiger partial charge in [-0.2, -0.15) is 50.5 Å². The van der Waals surface area contributed by atoms with Gasteiger partial charge < -0.3 is 20.5 Å². The van der Waals surface area contributed by atoms with Crippen molar-refractivity contribution in [2.45, 2.75) is 25.7 Å². The highest BCUT2D eigenvalue weighted by Gasteiger charge is 2.26. The molecule has 0 bridgehead atoms. The van der Waals surface area contributed by atoms with Gasteiger partial charge in [0.2, 0.25) is 5.91 Å². The highest BCUT2D eigenvalue weighted by Crippen LogP contribution is 2.23. The summed E-state index contributed by atoms with van der Waals surface area (Å²) < 4.78 is 10.7. The van der Waals surface area contributed by atoms with Gasteiger partial charge in [0, 0.05) is 19.0 Å². The average molecular weight is 459 g/mol. The minimum atomic E-state index is -0.0571. The second kappa shape index (κ2) is 20.0. The van der Waals surface area contributed by atoms with Crippen LogP contribution in [0.15, 0.2) is 0 Å². The minimum absolute atomic E-state index is 0.0571. The highest BCUT2D eigenvalue weighted by molar-refractivity contribution is 7.81. The first kappa shape index (κ1) is 27.8. The van der Waals surface area contributed by atoms with Crippen molar-refractivity contribution in [1.29, 1.82) is 0 Å². The summed E-state index contributed by atoms with van der Waals surface area (Å²) in [6, 6.07) is 0. The molecule has 9 heteroatoms. The van der Waals surface area contributed by atoms with Crippen LogP contribution >= 0.6 is 50.5 Å². The zero-order valence-electron chi connectivity index (χ0n) is 16.2. The van der Waals surface area contributed by atoms with Crippen molar-refractivity contribution in [1.82, 2.24) is 5.32 Å². The molecule has 1 unspecified atom stereocenters. The first-order valence-electron chi connectivity index (χ1n) is 9.71. The molecular weight excluding hydrogens is 420 g/mol. The molecule has 162 valence electrons. The van der Waals surface area contributed by atoms with Gasteiger partial charge in [-0.25, -0.2) is 0 Å². The molecule has 5 nitrogen and oxygen atoms in total. The Morgan fingerprint density at radius 3 is 2.00 bits per heavy atom. The summed E-state index contributed by atoms with van der Waals surface area (Å²) in [5, 5.41) is 2.99. The van der Waals surface area contributed by atoms with Crippen LogP contribution in [0, 0.1) is 17.8 Å². The molecule has 0 heterocycles. The lowest BCUT2D eigenvalue weighted by Crippen LogP contribution is -2.38. The molecule has 0 radical (unpaired) electrons. The van der Waals surface area contributed by atoms with Crippen molar-refractivity contribution in [3.05, 3.63) is 0 Å². The Bertz CT molecular complexity index is 347. The summed E-state index contributed by atoms with van der Waals surface area (Å²) >= 11 is 17.5. The van der Waals surface area contributed by atoms with Gasteiger partial charge >= 0.3 is 0 Å². The van der Waals surface area contributed by atoms with Crippen LogP contribution in [-0.2, 0) is 14.3 Å². The van der Waals surface area contributed by atoms with Gasteiger partial charge in [0.05, 0.1) is 26.4 Å². The first-order valence-corrected chi connectivity index (χ1v) is 12.2. The number of ether oxygens (including phenoxy) is 2. The molecule has 0 aliphatic rings. The van der Waals surface area contributed by atoms with Crippen molar-refractivity contribution >= 4 is 56.4 Å². The Kier molecular flexibility index (Phi) is 20.6. The van der Waals surface area contributed by atoms with Gasteiger partial charge in [0.15, 0.2) is 0 Å². The molecule has 0 aromatic heterocycles. The molecule has 0 aliphatic heterocycles. The fourth-order valence-corrected chi connectivity index (χ4v) is 4.51. The maximum atomic E-state index is 12.6. The zero-order chi connectivity index (χ0) is 20.3. The zero-order valence-corrected chi connectivity index (χ0v) is 19.8. The number of unbranched alkanes of at least 4 members (excludes halogenated alkanes) is 1. The fourth-order valence-electron chi connectivity index (χ4n) is 2.71. The van der Waals surface area contributed by atoms with Crippen LogP contribution in [0.2, 0.25) is 0 Å². The molecule has 0 aromatic rings. The molecule has 0 rings (SSSR count). The van der Waals surface area contributed by atoms with Gasteiger partial charge in [0.25, 0.3) is 0 Å². The van der Waals surface area contributed by atoms with Crippen LogP contribution in [0.1, 0.15) is 25.7 Å². The molecule has 0 aliphatic carbocycles. The number of nitrogens with one attached hydrogen (secondary N) is 1. The van der Waals surface area contributed by atoms with E-state index in [2.05, 4.69) is 55.8 Å². The van der Waals surface area contributed by atoms with Crippen LogP contribution in [0.25, 0.3) is 0 Å². The van der Waals surface area contributed by atoms with Crippen LogP contribution in [-0.4, -0.2) is 68.4 Å². The van der Waals surface area contributed by atoms with Gasteiger partial charge in [-0.1, -0.05) is 12.8 Å². The third-order valence-electron chi connectivity index (χ3n) is 4.45. The molecule has 1 atom stereocenters. The fraction of sp³-hybridized carbons (Fsp3) is 0.944. The van der Waals surface area contributed by atoms with Crippen LogP contribution in [0.4, 0.5) is 0 Å². The predicted octanol–water partition coefficient (Wildman–Crippen LogP) is 2.22.